The lowest BCUT2D eigenvalue weighted by atomic mass is 10.4. The average molecular weight is 286 g/mol. The van der Waals surface area contributed by atoms with E-state index in [1.807, 2.05) is 12.3 Å². The Labute approximate surface area is 110 Å². The smallest absolute Gasteiger partial charge is 0.258 e. The summed E-state index contributed by atoms with van der Waals surface area (Å²) in [6, 6.07) is -0.358. The standard InChI is InChI=1S/C10H14N4O2S2/c1-3-8-12-6-9(13-8)18(15,16)14-7(2)10-11-4-5-17-10/h4-7,14H,3H2,1-2H3,(H,12,13). The zero-order chi connectivity index (χ0) is 13.2. The lowest BCUT2D eigenvalue weighted by molar-refractivity contribution is 0.563. The number of H-pyrrole nitrogens is 1. The Bertz CT molecular complexity index is 604. The number of aromatic nitrogens is 3. The maximum Gasteiger partial charge on any atom is 0.258 e. The van der Waals surface area contributed by atoms with Gasteiger partial charge in [-0.05, 0) is 6.92 Å². The van der Waals surface area contributed by atoms with Crippen molar-refractivity contribution in [2.24, 2.45) is 0 Å². The first-order valence-electron chi connectivity index (χ1n) is 5.48. The molecule has 0 amide bonds. The Kier molecular flexibility index (Phi) is 3.79. The SMILES string of the molecule is CCc1ncc(S(=O)(=O)NC(C)c2nccs2)[nH]1. The number of nitrogens with one attached hydrogen (secondary N) is 2. The van der Waals surface area contributed by atoms with Crippen molar-refractivity contribution in [1.29, 1.82) is 0 Å². The van der Waals surface area contributed by atoms with Crippen molar-refractivity contribution < 1.29 is 8.42 Å². The molecule has 1 atom stereocenters. The Morgan fingerprint density at radius 2 is 2.28 bits per heavy atom. The van der Waals surface area contributed by atoms with Gasteiger partial charge in [0, 0.05) is 18.0 Å². The predicted molar refractivity (Wildman–Crippen MR) is 68.8 cm³/mol. The van der Waals surface area contributed by atoms with Gasteiger partial charge in [0.15, 0.2) is 5.03 Å². The maximum atomic E-state index is 12.1. The van der Waals surface area contributed by atoms with Gasteiger partial charge in [-0.15, -0.1) is 11.3 Å². The number of aryl methyl sites for hydroxylation is 1. The largest absolute Gasteiger partial charge is 0.332 e. The molecular weight excluding hydrogens is 272 g/mol. The van der Waals surface area contributed by atoms with Gasteiger partial charge in [-0.1, -0.05) is 6.92 Å². The topological polar surface area (TPSA) is 87.7 Å². The lowest BCUT2D eigenvalue weighted by Crippen LogP contribution is -2.27. The number of hydrogen-bond donors (Lipinski definition) is 2. The van der Waals surface area contributed by atoms with Crippen LogP contribution >= 0.6 is 11.3 Å². The van der Waals surface area contributed by atoms with Crippen LogP contribution in [0.4, 0.5) is 0 Å². The first-order chi connectivity index (χ1) is 8.53. The first kappa shape index (κ1) is 13.2. The number of nitrogens with zero attached hydrogens (tertiary/aromatic N) is 2. The number of imidazole rings is 1. The van der Waals surface area contributed by atoms with Gasteiger partial charge in [0.05, 0.1) is 12.2 Å². The van der Waals surface area contributed by atoms with Crippen molar-refractivity contribution in [3.05, 3.63) is 28.6 Å². The van der Waals surface area contributed by atoms with Crippen molar-refractivity contribution in [3.8, 4) is 0 Å². The summed E-state index contributed by atoms with van der Waals surface area (Å²) in [6.07, 6.45) is 3.64. The van der Waals surface area contributed by atoms with E-state index in [0.717, 1.165) is 5.01 Å². The van der Waals surface area contributed by atoms with Gasteiger partial charge in [-0.3, -0.25) is 0 Å². The highest BCUT2D eigenvalue weighted by Crippen LogP contribution is 2.17. The summed E-state index contributed by atoms with van der Waals surface area (Å²) in [4.78, 5) is 10.8. The number of hydrogen-bond acceptors (Lipinski definition) is 5. The van der Waals surface area contributed by atoms with E-state index < -0.39 is 10.0 Å². The van der Waals surface area contributed by atoms with E-state index in [9.17, 15) is 8.42 Å². The lowest BCUT2D eigenvalue weighted by Gasteiger charge is -2.10. The Morgan fingerprint density at radius 3 is 2.83 bits per heavy atom. The molecule has 0 radical (unpaired) electrons. The molecule has 0 aliphatic carbocycles. The number of thiazole rings is 1. The van der Waals surface area contributed by atoms with Crippen LogP contribution in [-0.2, 0) is 16.4 Å². The minimum absolute atomic E-state index is 0.0859. The third kappa shape index (κ3) is 2.77. The van der Waals surface area contributed by atoms with Crippen molar-refractivity contribution in [2.45, 2.75) is 31.3 Å². The Balaban J connectivity index is 2.17. The van der Waals surface area contributed by atoms with Gasteiger partial charge in [0.25, 0.3) is 10.0 Å². The average Bonchev–Trinajstić information content (AvgIpc) is 3.00. The van der Waals surface area contributed by atoms with Crippen molar-refractivity contribution in [3.63, 3.8) is 0 Å². The van der Waals surface area contributed by atoms with Crippen molar-refractivity contribution in [2.75, 3.05) is 0 Å². The molecule has 0 saturated carbocycles. The molecule has 2 N–H and O–H groups in total. The molecule has 0 aliphatic heterocycles. The summed E-state index contributed by atoms with van der Waals surface area (Å²) < 4.78 is 26.7. The molecule has 2 aromatic rings. The van der Waals surface area contributed by atoms with E-state index in [1.165, 1.54) is 17.5 Å². The highest BCUT2D eigenvalue weighted by atomic mass is 32.2. The third-order valence-electron chi connectivity index (χ3n) is 2.38. The number of rotatable bonds is 5. The number of sulfonamides is 1. The molecule has 8 heteroatoms. The fourth-order valence-corrected chi connectivity index (χ4v) is 3.32. The van der Waals surface area contributed by atoms with Crippen LogP contribution in [-0.4, -0.2) is 23.4 Å². The quantitative estimate of drug-likeness (QED) is 0.871. The maximum absolute atomic E-state index is 12.1. The fourth-order valence-electron chi connectivity index (χ4n) is 1.45. The molecule has 0 spiro atoms. The molecule has 2 rings (SSSR count). The van der Waals surface area contributed by atoms with E-state index in [1.54, 1.807) is 13.1 Å². The van der Waals surface area contributed by atoms with Gasteiger partial charge < -0.3 is 4.98 Å². The van der Waals surface area contributed by atoms with Crippen LogP contribution in [0.3, 0.4) is 0 Å². The van der Waals surface area contributed by atoms with Crippen molar-refractivity contribution in [1.82, 2.24) is 19.7 Å². The third-order valence-corrected chi connectivity index (χ3v) is 4.79. The zero-order valence-corrected chi connectivity index (χ0v) is 11.7. The summed E-state index contributed by atoms with van der Waals surface area (Å²) in [5.74, 6) is 0.650. The van der Waals surface area contributed by atoms with Gasteiger partial charge in [-0.2, -0.15) is 0 Å². The summed E-state index contributed by atoms with van der Waals surface area (Å²) in [6.45, 7) is 3.66. The fraction of sp³-hybridized carbons (Fsp3) is 0.400. The van der Waals surface area contributed by atoms with Crippen LogP contribution in [0.25, 0.3) is 0 Å². The molecule has 18 heavy (non-hydrogen) atoms. The van der Waals surface area contributed by atoms with Gasteiger partial charge in [0.1, 0.15) is 10.8 Å². The van der Waals surface area contributed by atoms with Crippen LogP contribution in [0.2, 0.25) is 0 Å². The van der Waals surface area contributed by atoms with Crippen LogP contribution in [0.1, 0.15) is 30.7 Å². The Hall–Kier alpha value is -1.25. The summed E-state index contributed by atoms with van der Waals surface area (Å²) in [5, 5.41) is 2.63. The zero-order valence-electron chi connectivity index (χ0n) is 10.0. The minimum atomic E-state index is -3.58. The molecule has 6 nitrogen and oxygen atoms in total. The molecule has 2 aromatic heterocycles. The monoisotopic (exact) mass is 286 g/mol. The molecular formula is C10H14N4O2S2. The number of aromatic amines is 1. The summed E-state index contributed by atoms with van der Waals surface area (Å²) in [7, 11) is -3.58. The van der Waals surface area contributed by atoms with E-state index in [2.05, 4.69) is 19.7 Å². The molecule has 98 valence electrons. The molecule has 0 bridgehead atoms. The normalized spacial score (nSPS) is 13.7. The van der Waals surface area contributed by atoms with Crippen molar-refractivity contribution >= 4 is 21.4 Å². The van der Waals surface area contributed by atoms with Gasteiger partial charge in [-0.25, -0.2) is 23.1 Å². The van der Waals surface area contributed by atoms with Crippen LogP contribution in [0, 0.1) is 0 Å². The minimum Gasteiger partial charge on any atom is -0.332 e. The van der Waals surface area contributed by atoms with Crippen LogP contribution in [0.15, 0.2) is 22.8 Å². The van der Waals surface area contributed by atoms with Gasteiger partial charge in [0.2, 0.25) is 0 Å². The first-order valence-corrected chi connectivity index (χ1v) is 7.85. The van der Waals surface area contributed by atoms with E-state index in [-0.39, 0.29) is 11.1 Å². The van der Waals surface area contributed by atoms with E-state index in [4.69, 9.17) is 0 Å². The predicted octanol–water partition coefficient (Wildman–Crippen LogP) is 1.47. The molecule has 2 heterocycles. The van der Waals surface area contributed by atoms with E-state index in [0.29, 0.717) is 12.2 Å². The Morgan fingerprint density at radius 1 is 1.50 bits per heavy atom. The summed E-state index contributed by atoms with van der Waals surface area (Å²) >= 11 is 1.41. The molecule has 0 aromatic carbocycles. The highest BCUT2D eigenvalue weighted by molar-refractivity contribution is 7.89. The van der Waals surface area contributed by atoms with Crippen LogP contribution in [0.5, 0.6) is 0 Å². The molecule has 0 fully saturated rings. The highest BCUT2D eigenvalue weighted by Gasteiger charge is 2.21. The second-order valence-electron chi connectivity index (χ2n) is 3.76. The second kappa shape index (κ2) is 5.17. The molecule has 1 unspecified atom stereocenters. The second-order valence-corrected chi connectivity index (χ2v) is 6.37. The van der Waals surface area contributed by atoms with E-state index >= 15 is 0 Å². The molecule has 0 aliphatic rings. The summed E-state index contributed by atoms with van der Waals surface area (Å²) in [5.41, 5.74) is 0. The van der Waals surface area contributed by atoms with Crippen LogP contribution < -0.4 is 4.72 Å². The van der Waals surface area contributed by atoms with Gasteiger partial charge >= 0.3 is 0 Å². The molecule has 0 saturated heterocycles.